The van der Waals surface area contributed by atoms with Gasteiger partial charge in [-0.1, -0.05) is 29.8 Å². The quantitative estimate of drug-likeness (QED) is 0.889. The van der Waals surface area contributed by atoms with Gasteiger partial charge in [0, 0.05) is 30.5 Å². The first-order valence-corrected chi connectivity index (χ1v) is 7.63. The van der Waals surface area contributed by atoms with Gasteiger partial charge in [-0.2, -0.15) is 15.0 Å². The van der Waals surface area contributed by atoms with Crippen molar-refractivity contribution in [3.63, 3.8) is 0 Å². The minimum absolute atomic E-state index is 0.00251. The lowest BCUT2D eigenvalue weighted by Crippen LogP contribution is -2.45. The number of nitrogens with one attached hydrogen (secondary N) is 1. The molecular weight excluding hydrogens is 300 g/mol. The highest BCUT2D eigenvalue weighted by Gasteiger charge is 2.22. The summed E-state index contributed by atoms with van der Waals surface area (Å²) in [7, 11) is 1.76. The molecule has 0 bridgehead atoms. The first-order valence-electron chi connectivity index (χ1n) is 7.25. The van der Waals surface area contributed by atoms with Crippen molar-refractivity contribution in [1.29, 1.82) is 0 Å². The number of carbonyl (C=O) groups excluding carboxylic acids is 1. The van der Waals surface area contributed by atoms with E-state index in [1.165, 1.54) is 4.80 Å². The Kier molecular flexibility index (Phi) is 5.19. The normalized spacial score (nSPS) is 11.5. The molecule has 1 aromatic carbocycles. The smallest absolute Gasteiger partial charge is 0.220 e. The number of nitrogens with zero attached hydrogens (tertiary/aromatic N) is 3. The van der Waals surface area contributed by atoms with Crippen LogP contribution in [0.4, 0.5) is 0 Å². The molecule has 1 aromatic heterocycles. The van der Waals surface area contributed by atoms with E-state index < -0.39 is 0 Å². The zero-order chi connectivity index (χ0) is 16.2. The number of benzene rings is 1. The Morgan fingerprint density at radius 3 is 2.73 bits per heavy atom. The summed E-state index contributed by atoms with van der Waals surface area (Å²) in [5, 5.41) is 11.9. The number of hydrogen-bond donors (Lipinski definition) is 1. The summed E-state index contributed by atoms with van der Waals surface area (Å²) < 4.78 is 0. The fraction of sp³-hybridized carbons (Fsp3) is 0.438. The Bertz CT molecular complexity index is 651. The Labute approximate surface area is 135 Å². The van der Waals surface area contributed by atoms with E-state index in [4.69, 9.17) is 11.6 Å². The Balaban J connectivity index is 1.88. The molecule has 1 amide bonds. The molecule has 0 fully saturated rings. The topological polar surface area (TPSA) is 59.8 Å². The highest BCUT2D eigenvalue weighted by molar-refractivity contribution is 6.31. The van der Waals surface area contributed by atoms with Crippen LogP contribution in [0.1, 0.15) is 31.5 Å². The van der Waals surface area contributed by atoms with Crippen LogP contribution in [0.2, 0.25) is 5.02 Å². The molecule has 0 unspecified atom stereocenters. The van der Waals surface area contributed by atoms with Crippen molar-refractivity contribution in [2.24, 2.45) is 7.05 Å². The number of aromatic nitrogens is 3. The van der Waals surface area contributed by atoms with Gasteiger partial charge in [-0.3, -0.25) is 4.79 Å². The van der Waals surface area contributed by atoms with Crippen molar-refractivity contribution in [2.75, 3.05) is 0 Å². The number of hydrogen-bond acceptors (Lipinski definition) is 3. The largest absolute Gasteiger partial charge is 0.351 e. The van der Waals surface area contributed by atoms with Crippen LogP contribution in [0.15, 0.2) is 30.5 Å². The van der Waals surface area contributed by atoms with Crippen LogP contribution >= 0.6 is 11.6 Å². The minimum Gasteiger partial charge on any atom is -0.351 e. The second-order valence-corrected chi connectivity index (χ2v) is 6.43. The highest BCUT2D eigenvalue weighted by Crippen LogP contribution is 2.20. The monoisotopic (exact) mass is 320 g/mol. The molecule has 118 valence electrons. The predicted octanol–water partition coefficient (Wildman–Crippen LogP) is 2.54. The summed E-state index contributed by atoms with van der Waals surface area (Å²) in [5.41, 5.74) is 1.50. The molecule has 2 rings (SSSR count). The average molecular weight is 321 g/mol. The maximum absolute atomic E-state index is 12.1. The lowest BCUT2D eigenvalue weighted by atomic mass is 9.94. The van der Waals surface area contributed by atoms with Gasteiger partial charge < -0.3 is 5.32 Å². The van der Waals surface area contributed by atoms with Gasteiger partial charge in [0.25, 0.3) is 0 Å². The molecule has 0 saturated carbocycles. The van der Waals surface area contributed by atoms with Crippen LogP contribution in [0.5, 0.6) is 0 Å². The van der Waals surface area contributed by atoms with Crippen LogP contribution in [-0.4, -0.2) is 26.4 Å². The summed E-state index contributed by atoms with van der Waals surface area (Å²) in [6.07, 6.45) is 3.35. The maximum Gasteiger partial charge on any atom is 0.220 e. The van der Waals surface area contributed by atoms with E-state index in [0.717, 1.165) is 16.3 Å². The van der Waals surface area contributed by atoms with Gasteiger partial charge in [-0.05, 0) is 31.9 Å². The molecule has 0 aliphatic rings. The summed E-state index contributed by atoms with van der Waals surface area (Å²) in [6, 6.07) is 7.70. The van der Waals surface area contributed by atoms with E-state index >= 15 is 0 Å². The lowest BCUT2D eigenvalue weighted by Gasteiger charge is -2.27. The predicted molar refractivity (Wildman–Crippen MR) is 86.7 cm³/mol. The van der Waals surface area contributed by atoms with E-state index in [1.807, 2.05) is 38.1 Å². The standard InChI is InChI=1S/C16H21ClN4O/c1-16(2,10-12-6-4-5-7-14(12)17)19-15(22)9-8-13-11-18-21(3)20-13/h4-7,11H,8-10H2,1-3H3,(H,19,22). The van der Waals surface area contributed by atoms with E-state index in [9.17, 15) is 4.79 Å². The summed E-state index contributed by atoms with van der Waals surface area (Å²) in [5.74, 6) is 0.00251. The molecule has 1 N–H and O–H groups in total. The van der Waals surface area contributed by atoms with Crippen LogP contribution in [0.3, 0.4) is 0 Å². The molecule has 0 radical (unpaired) electrons. The van der Waals surface area contributed by atoms with E-state index in [1.54, 1.807) is 13.2 Å². The Hall–Kier alpha value is -1.88. The van der Waals surface area contributed by atoms with Crippen molar-refractivity contribution in [1.82, 2.24) is 20.3 Å². The first kappa shape index (κ1) is 16.5. The highest BCUT2D eigenvalue weighted by atomic mass is 35.5. The molecule has 6 heteroatoms. The Morgan fingerprint density at radius 2 is 2.09 bits per heavy atom. The van der Waals surface area contributed by atoms with Crippen molar-refractivity contribution in [2.45, 2.75) is 38.6 Å². The van der Waals surface area contributed by atoms with Crippen molar-refractivity contribution >= 4 is 17.5 Å². The van der Waals surface area contributed by atoms with Gasteiger partial charge >= 0.3 is 0 Å². The lowest BCUT2D eigenvalue weighted by molar-refractivity contribution is -0.122. The van der Waals surface area contributed by atoms with Crippen LogP contribution in [-0.2, 0) is 24.7 Å². The maximum atomic E-state index is 12.1. The van der Waals surface area contributed by atoms with Gasteiger partial charge in [-0.15, -0.1) is 0 Å². The van der Waals surface area contributed by atoms with E-state index in [0.29, 0.717) is 19.3 Å². The molecule has 0 aliphatic carbocycles. The number of amides is 1. The fourth-order valence-electron chi connectivity index (χ4n) is 2.35. The van der Waals surface area contributed by atoms with Crippen LogP contribution < -0.4 is 5.32 Å². The molecule has 0 saturated heterocycles. The number of carbonyl (C=O) groups is 1. The molecule has 0 atom stereocenters. The van der Waals surface area contributed by atoms with Crippen LogP contribution in [0.25, 0.3) is 0 Å². The molecule has 22 heavy (non-hydrogen) atoms. The first-order chi connectivity index (χ1) is 10.4. The second-order valence-electron chi connectivity index (χ2n) is 6.03. The van der Waals surface area contributed by atoms with Gasteiger partial charge in [-0.25, -0.2) is 0 Å². The third-order valence-corrected chi connectivity index (χ3v) is 3.69. The molecule has 0 aliphatic heterocycles. The van der Waals surface area contributed by atoms with Crippen molar-refractivity contribution in [3.8, 4) is 0 Å². The second kappa shape index (κ2) is 6.92. The van der Waals surface area contributed by atoms with Gasteiger partial charge in [0.1, 0.15) is 0 Å². The fourth-order valence-corrected chi connectivity index (χ4v) is 2.55. The third-order valence-electron chi connectivity index (χ3n) is 3.32. The van der Waals surface area contributed by atoms with Crippen LogP contribution in [0, 0.1) is 0 Å². The summed E-state index contributed by atoms with van der Waals surface area (Å²) in [4.78, 5) is 13.6. The van der Waals surface area contributed by atoms with Gasteiger partial charge in [0.05, 0.1) is 11.9 Å². The number of aryl methyl sites for hydroxylation is 2. The van der Waals surface area contributed by atoms with Gasteiger partial charge in [0.15, 0.2) is 0 Å². The Morgan fingerprint density at radius 1 is 1.36 bits per heavy atom. The molecule has 0 spiro atoms. The number of rotatable bonds is 6. The minimum atomic E-state index is -0.357. The van der Waals surface area contributed by atoms with Crippen molar-refractivity contribution < 1.29 is 4.79 Å². The molecule has 2 aromatic rings. The zero-order valence-corrected chi connectivity index (χ0v) is 13.9. The van der Waals surface area contributed by atoms with E-state index in [2.05, 4.69) is 15.5 Å². The summed E-state index contributed by atoms with van der Waals surface area (Å²) >= 11 is 6.18. The number of halogens is 1. The third kappa shape index (κ3) is 4.84. The van der Waals surface area contributed by atoms with Gasteiger partial charge in [0.2, 0.25) is 5.91 Å². The van der Waals surface area contributed by atoms with E-state index in [-0.39, 0.29) is 11.4 Å². The SMILES string of the molecule is Cn1ncc(CCC(=O)NC(C)(C)Cc2ccccc2Cl)n1. The molecule has 5 nitrogen and oxygen atoms in total. The molecule has 1 heterocycles. The average Bonchev–Trinajstić information content (AvgIpc) is 2.84. The summed E-state index contributed by atoms with van der Waals surface area (Å²) in [6.45, 7) is 3.99. The van der Waals surface area contributed by atoms with Crippen molar-refractivity contribution in [3.05, 3.63) is 46.7 Å². The molecular formula is C16H21ClN4O. The zero-order valence-electron chi connectivity index (χ0n) is 13.1.